The molecule has 2 aromatic carbocycles. The van der Waals surface area contributed by atoms with Gasteiger partial charge in [-0.05, 0) is 54.8 Å². The standard InChI is InChI=1S/C25H23NO6/c1-15-5-3-8-20-22(15)24(29)26(23(20)28)18-7-4-6-17(13-18)25(30)32-14-21(27)16-9-11-19(31-2)12-10-16/h3-7,9-13,15,20,22H,8,14H2,1-2H3/t15-,20-,22+/m1/s1. The molecule has 0 bridgehead atoms. The van der Waals surface area contributed by atoms with Crippen LogP contribution in [0.15, 0.2) is 60.7 Å². The lowest BCUT2D eigenvalue weighted by atomic mass is 9.78. The van der Waals surface area contributed by atoms with Gasteiger partial charge < -0.3 is 9.47 Å². The number of rotatable bonds is 6. The maximum atomic E-state index is 13.0. The molecule has 2 amide bonds. The highest BCUT2D eigenvalue weighted by Gasteiger charge is 2.50. The number of benzene rings is 2. The van der Waals surface area contributed by atoms with Crippen LogP contribution < -0.4 is 9.64 Å². The molecule has 7 nitrogen and oxygen atoms in total. The third-order valence-corrected chi connectivity index (χ3v) is 5.96. The number of anilines is 1. The number of fused-ring (bicyclic) bond motifs is 1. The van der Waals surface area contributed by atoms with Crippen molar-refractivity contribution in [2.45, 2.75) is 13.3 Å². The number of Topliss-reactive ketones (excluding diaryl/α,β-unsaturated/α-hetero) is 1. The monoisotopic (exact) mass is 433 g/mol. The summed E-state index contributed by atoms with van der Waals surface area (Å²) in [5.74, 6) is -1.73. The molecule has 32 heavy (non-hydrogen) atoms. The molecule has 2 aromatic rings. The average Bonchev–Trinajstić information content (AvgIpc) is 3.08. The van der Waals surface area contributed by atoms with Gasteiger partial charge in [0, 0.05) is 5.56 Å². The predicted octanol–water partition coefficient (Wildman–Crippen LogP) is 3.44. The van der Waals surface area contributed by atoms with Gasteiger partial charge in [-0.1, -0.05) is 25.1 Å². The van der Waals surface area contributed by atoms with Crippen LogP contribution in [0.2, 0.25) is 0 Å². The summed E-state index contributed by atoms with van der Waals surface area (Å²) in [5, 5.41) is 0. The lowest BCUT2D eigenvalue weighted by Gasteiger charge is -2.22. The zero-order valence-electron chi connectivity index (χ0n) is 17.8. The van der Waals surface area contributed by atoms with Crippen LogP contribution in [0.5, 0.6) is 5.75 Å². The van der Waals surface area contributed by atoms with Crippen molar-refractivity contribution in [2.24, 2.45) is 17.8 Å². The minimum absolute atomic E-state index is 0.0210. The van der Waals surface area contributed by atoms with Crippen LogP contribution in [0.4, 0.5) is 5.69 Å². The Bertz CT molecular complexity index is 1100. The summed E-state index contributed by atoms with van der Waals surface area (Å²) in [6.07, 6.45) is 4.43. The highest BCUT2D eigenvalue weighted by Crippen LogP contribution is 2.40. The van der Waals surface area contributed by atoms with E-state index in [2.05, 4.69) is 0 Å². The van der Waals surface area contributed by atoms with Gasteiger partial charge in [0.1, 0.15) is 5.75 Å². The SMILES string of the molecule is COc1ccc(C(=O)COC(=O)c2cccc(N3C(=O)[C@H]4[C@H](C)C=CC[C@H]4C3=O)c2)cc1. The largest absolute Gasteiger partial charge is 0.497 e. The van der Waals surface area contributed by atoms with Crippen molar-refractivity contribution in [3.05, 3.63) is 71.8 Å². The van der Waals surface area contributed by atoms with Crippen molar-refractivity contribution < 1.29 is 28.7 Å². The molecule has 7 heteroatoms. The summed E-state index contributed by atoms with van der Waals surface area (Å²) >= 11 is 0. The van der Waals surface area contributed by atoms with Gasteiger partial charge in [0.05, 0.1) is 30.2 Å². The van der Waals surface area contributed by atoms with E-state index in [0.29, 0.717) is 23.4 Å². The van der Waals surface area contributed by atoms with E-state index in [1.165, 1.54) is 19.2 Å². The molecule has 1 heterocycles. The molecular weight excluding hydrogens is 410 g/mol. The summed E-state index contributed by atoms with van der Waals surface area (Å²) in [5.41, 5.74) is 0.884. The van der Waals surface area contributed by atoms with Gasteiger partial charge in [-0.25, -0.2) is 4.79 Å². The van der Waals surface area contributed by atoms with E-state index in [0.717, 1.165) is 4.90 Å². The topological polar surface area (TPSA) is 90.0 Å². The van der Waals surface area contributed by atoms with E-state index in [9.17, 15) is 19.2 Å². The number of allylic oxidation sites excluding steroid dienone is 2. The Morgan fingerprint density at radius 3 is 2.47 bits per heavy atom. The van der Waals surface area contributed by atoms with Crippen LogP contribution in [0, 0.1) is 17.8 Å². The van der Waals surface area contributed by atoms with Crippen LogP contribution >= 0.6 is 0 Å². The molecule has 0 radical (unpaired) electrons. The van der Waals surface area contributed by atoms with E-state index in [4.69, 9.17) is 9.47 Å². The van der Waals surface area contributed by atoms with Crippen LogP contribution in [-0.2, 0) is 14.3 Å². The van der Waals surface area contributed by atoms with Crippen LogP contribution in [0.1, 0.15) is 34.1 Å². The summed E-state index contributed by atoms with van der Waals surface area (Å²) in [4.78, 5) is 51.8. The molecule has 2 aliphatic rings. The fourth-order valence-electron chi connectivity index (χ4n) is 4.25. The van der Waals surface area contributed by atoms with Crippen molar-refractivity contribution in [1.82, 2.24) is 0 Å². The number of imide groups is 1. The molecule has 0 aromatic heterocycles. The molecule has 1 fully saturated rings. The Balaban J connectivity index is 1.45. The van der Waals surface area contributed by atoms with E-state index >= 15 is 0 Å². The average molecular weight is 433 g/mol. The van der Waals surface area contributed by atoms with Gasteiger partial charge in [-0.2, -0.15) is 0 Å². The van der Waals surface area contributed by atoms with Crippen molar-refractivity contribution in [3.63, 3.8) is 0 Å². The Morgan fingerprint density at radius 2 is 1.78 bits per heavy atom. The second-order valence-corrected chi connectivity index (χ2v) is 7.95. The molecule has 1 aliphatic heterocycles. The molecule has 3 atom stereocenters. The number of carbonyl (C=O) groups excluding carboxylic acids is 4. The molecule has 0 N–H and O–H groups in total. The van der Waals surface area contributed by atoms with Crippen LogP contribution in [0.25, 0.3) is 0 Å². The fourth-order valence-corrected chi connectivity index (χ4v) is 4.25. The number of carbonyl (C=O) groups is 4. The number of hydrogen-bond donors (Lipinski definition) is 0. The van der Waals surface area contributed by atoms with Gasteiger partial charge in [-0.3, -0.25) is 19.3 Å². The first-order valence-corrected chi connectivity index (χ1v) is 10.4. The normalized spacial score (nSPS) is 21.9. The minimum atomic E-state index is -0.708. The zero-order valence-corrected chi connectivity index (χ0v) is 17.8. The van der Waals surface area contributed by atoms with Crippen molar-refractivity contribution in [3.8, 4) is 5.75 Å². The summed E-state index contributed by atoms with van der Waals surface area (Å²) in [7, 11) is 1.53. The Labute approximate surface area is 185 Å². The lowest BCUT2D eigenvalue weighted by Crippen LogP contribution is -2.31. The number of nitrogens with zero attached hydrogens (tertiary/aromatic N) is 1. The number of ether oxygens (including phenoxy) is 2. The molecular formula is C25H23NO6. The van der Waals surface area contributed by atoms with Crippen molar-refractivity contribution in [2.75, 3.05) is 18.6 Å². The lowest BCUT2D eigenvalue weighted by molar-refractivity contribution is -0.122. The molecule has 1 aliphatic carbocycles. The summed E-state index contributed by atoms with van der Waals surface area (Å²) in [6, 6.07) is 12.7. The highest BCUT2D eigenvalue weighted by molar-refractivity contribution is 6.22. The maximum absolute atomic E-state index is 13.0. The van der Waals surface area contributed by atoms with E-state index < -0.39 is 12.6 Å². The van der Waals surface area contributed by atoms with Gasteiger partial charge in [0.15, 0.2) is 12.4 Å². The van der Waals surface area contributed by atoms with E-state index in [1.54, 1.807) is 36.4 Å². The summed E-state index contributed by atoms with van der Waals surface area (Å²) in [6.45, 7) is 1.50. The molecule has 0 unspecified atom stereocenters. The first-order chi connectivity index (χ1) is 15.4. The Morgan fingerprint density at radius 1 is 1.03 bits per heavy atom. The quantitative estimate of drug-likeness (QED) is 0.300. The number of ketones is 1. The fraction of sp³-hybridized carbons (Fsp3) is 0.280. The number of amides is 2. The predicted molar refractivity (Wildman–Crippen MR) is 116 cm³/mol. The van der Waals surface area contributed by atoms with Crippen molar-refractivity contribution in [1.29, 1.82) is 0 Å². The van der Waals surface area contributed by atoms with Crippen LogP contribution in [0.3, 0.4) is 0 Å². The summed E-state index contributed by atoms with van der Waals surface area (Å²) < 4.78 is 10.2. The third-order valence-electron chi connectivity index (χ3n) is 5.96. The smallest absolute Gasteiger partial charge is 0.338 e. The second kappa shape index (κ2) is 8.78. The van der Waals surface area contributed by atoms with Gasteiger partial charge >= 0.3 is 5.97 Å². The highest BCUT2D eigenvalue weighted by atomic mass is 16.5. The Kier molecular flexibility index (Phi) is 5.90. The zero-order chi connectivity index (χ0) is 22.8. The maximum Gasteiger partial charge on any atom is 0.338 e. The van der Waals surface area contributed by atoms with E-state index in [-0.39, 0.29) is 40.9 Å². The van der Waals surface area contributed by atoms with Crippen LogP contribution in [-0.4, -0.2) is 37.3 Å². The van der Waals surface area contributed by atoms with E-state index in [1.807, 2.05) is 19.1 Å². The molecule has 4 rings (SSSR count). The Hall–Kier alpha value is -3.74. The second-order valence-electron chi connectivity index (χ2n) is 7.95. The minimum Gasteiger partial charge on any atom is -0.497 e. The first-order valence-electron chi connectivity index (χ1n) is 10.4. The molecule has 164 valence electrons. The molecule has 0 saturated carbocycles. The number of esters is 1. The third kappa shape index (κ3) is 3.93. The van der Waals surface area contributed by atoms with Crippen molar-refractivity contribution >= 4 is 29.3 Å². The van der Waals surface area contributed by atoms with Gasteiger partial charge in [0.25, 0.3) is 0 Å². The number of hydrogen-bond acceptors (Lipinski definition) is 6. The molecule has 1 saturated heterocycles. The first kappa shape index (κ1) is 21.5. The number of methoxy groups -OCH3 is 1. The van der Waals surface area contributed by atoms with Gasteiger partial charge in [0.2, 0.25) is 11.8 Å². The molecule has 0 spiro atoms. The van der Waals surface area contributed by atoms with Gasteiger partial charge in [-0.15, -0.1) is 0 Å².